The largest absolute Gasteiger partial charge is 0.481 e. The summed E-state index contributed by atoms with van der Waals surface area (Å²) in [6.07, 6.45) is 56.7. The highest BCUT2D eigenvalue weighted by Crippen LogP contribution is 2.19. The van der Waals surface area contributed by atoms with Crippen molar-refractivity contribution < 1.29 is 19.4 Å². The van der Waals surface area contributed by atoms with E-state index in [2.05, 4.69) is 74.6 Å². The number of rotatable bonds is 38. The monoisotopic (exact) mass is 697 g/mol. The fraction of sp³-hybridized carbons (Fsp3) is 0.739. The Kier molecular flexibility index (Phi) is 39.1. The number of carbonyl (C=O) groups is 2. The van der Waals surface area contributed by atoms with Gasteiger partial charge >= 0.3 is 11.9 Å². The molecule has 4 nitrogen and oxygen atoms in total. The van der Waals surface area contributed by atoms with Gasteiger partial charge in [-0.25, -0.2) is 0 Å². The molecule has 0 bridgehead atoms. The summed E-state index contributed by atoms with van der Waals surface area (Å²) in [6, 6.07) is 0. The van der Waals surface area contributed by atoms with E-state index in [1.807, 2.05) is 0 Å². The summed E-state index contributed by atoms with van der Waals surface area (Å²) in [4.78, 5) is 23.4. The van der Waals surface area contributed by atoms with E-state index < -0.39 is 5.97 Å². The molecule has 288 valence electrons. The van der Waals surface area contributed by atoms with E-state index in [-0.39, 0.29) is 18.5 Å². The van der Waals surface area contributed by atoms with Crippen LogP contribution in [0.25, 0.3) is 0 Å². The Morgan fingerprint density at radius 2 is 0.840 bits per heavy atom. The molecule has 1 unspecified atom stereocenters. The Balaban J connectivity index is 4.14. The molecule has 1 atom stereocenters. The maximum atomic E-state index is 12.7. The second-order valence-corrected chi connectivity index (χ2v) is 14.2. The topological polar surface area (TPSA) is 63.6 Å². The van der Waals surface area contributed by atoms with Gasteiger partial charge in [-0.15, -0.1) is 0 Å². The summed E-state index contributed by atoms with van der Waals surface area (Å²) in [5.41, 5.74) is 0. The zero-order valence-electron chi connectivity index (χ0n) is 32.9. The van der Waals surface area contributed by atoms with Gasteiger partial charge in [-0.2, -0.15) is 0 Å². The average molecular weight is 697 g/mol. The highest BCUT2D eigenvalue weighted by Gasteiger charge is 2.14. The molecule has 0 aromatic heterocycles. The Hall–Kier alpha value is -2.36. The average Bonchev–Trinajstić information content (AvgIpc) is 3.10. The second-order valence-electron chi connectivity index (χ2n) is 14.2. The Morgan fingerprint density at radius 1 is 0.460 bits per heavy atom. The minimum Gasteiger partial charge on any atom is -0.481 e. The summed E-state index contributed by atoms with van der Waals surface area (Å²) < 4.78 is 6.03. The quantitative estimate of drug-likeness (QED) is 0.0396. The molecule has 0 saturated carbocycles. The molecule has 0 aliphatic carbocycles. The van der Waals surface area contributed by atoms with E-state index >= 15 is 0 Å². The number of carboxylic acids is 1. The molecule has 0 saturated heterocycles. The molecule has 0 aliphatic heterocycles. The first kappa shape index (κ1) is 47.6. The summed E-state index contributed by atoms with van der Waals surface area (Å²) in [5, 5.41) is 8.78. The number of carbonyl (C=O) groups excluding carboxylic acids is 1. The lowest BCUT2D eigenvalue weighted by Gasteiger charge is -2.18. The van der Waals surface area contributed by atoms with Crippen LogP contribution in [0.15, 0.2) is 60.8 Å². The smallest absolute Gasteiger partial charge is 0.306 e. The maximum absolute atomic E-state index is 12.7. The van der Waals surface area contributed by atoms with Gasteiger partial charge in [0.25, 0.3) is 0 Å². The number of unbranched alkanes of at least 4 members (excludes halogenated alkanes) is 19. The van der Waals surface area contributed by atoms with E-state index in [0.717, 1.165) is 103 Å². The van der Waals surface area contributed by atoms with Crippen molar-refractivity contribution in [3.63, 3.8) is 0 Å². The van der Waals surface area contributed by atoms with Crippen LogP contribution in [0, 0.1) is 0 Å². The summed E-state index contributed by atoms with van der Waals surface area (Å²) in [5.74, 6) is -0.698. The van der Waals surface area contributed by atoms with Crippen molar-refractivity contribution in [1.82, 2.24) is 0 Å². The lowest BCUT2D eigenvalue weighted by Crippen LogP contribution is -2.18. The molecule has 0 amide bonds. The fourth-order valence-corrected chi connectivity index (χ4v) is 6.15. The van der Waals surface area contributed by atoms with Gasteiger partial charge in [0.05, 0.1) is 0 Å². The molecule has 0 fully saturated rings. The number of hydrogen-bond donors (Lipinski definition) is 1. The van der Waals surface area contributed by atoms with Crippen LogP contribution in [0.3, 0.4) is 0 Å². The molecule has 0 aliphatic rings. The van der Waals surface area contributed by atoms with E-state index in [1.54, 1.807) is 0 Å². The number of allylic oxidation sites excluding steroid dienone is 10. The van der Waals surface area contributed by atoms with Gasteiger partial charge in [-0.3, -0.25) is 9.59 Å². The second kappa shape index (κ2) is 41.1. The molecule has 0 radical (unpaired) electrons. The predicted molar refractivity (Wildman–Crippen MR) is 218 cm³/mol. The van der Waals surface area contributed by atoms with Gasteiger partial charge < -0.3 is 9.84 Å². The first-order chi connectivity index (χ1) is 24.6. The normalized spacial score (nSPS) is 12.8. The molecule has 0 aromatic rings. The number of esters is 1. The molecule has 4 heteroatoms. The summed E-state index contributed by atoms with van der Waals surface area (Å²) in [6.45, 7) is 4.44. The zero-order valence-corrected chi connectivity index (χ0v) is 32.9. The van der Waals surface area contributed by atoms with Crippen molar-refractivity contribution in [2.45, 2.75) is 219 Å². The van der Waals surface area contributed by atoms with Crippen LogP contribution in [0.1, 0.15) is 213 Å². The van der Waals surface area contributed by atoms with Crippen LogP contribution in [0.4, 0.5) is 0 Å². The van der Waals surface area contributed by atoms with E-state index in [4.69, 9.17) is 9.84 Å². The summed E-state index contributed by atoms with van der Waals surface area (Å²) >= 11 is 0. The van der Waals surface area contributed by atoms with Crippen LogP contribution in [-0.2, 0) is 14.3 Å². The molecule has 50 heavy (non-hydrogen) atoms. The van der Waals surface area contributed by atoms with Crippen molar-refractivity contribution in [1.29, 1.82) is 0 Å². The minimum absolute atomic E-state index is 0.00798. The lowest BCUT2D eigenvalue weighted by atomic mass is 10.0. The van der Waals surface area contributed by atoms with Gasteiger partial charge in [-0.1, -0.05) is 177 Å². The standard InChI is InChI=1S/C46H80O4/c1-3-5-7-9-11-13-15-16-17-18-19-20-21-22-24-26-31-35-39-43-46(49)50-44(41-37-33-29-27-30-34-38-42-45(47)48)40-36-32-28-25-23-14-12-10-8-6-4-2/h5,7,11,13,16-17,19-20,22,24,44H,3-4,6,8-10,12,14-15,18,21,23,25-43H2,1-2H3,(H,47,48)/b7-5-,13-11-,17-16-,20-19-,24-22-. The Morgan fingerprint density at radius 3 is 1.30 bits per heavy atom. The van der Waals surface area contributed by atoms with Gasteiger partial charge in [-0.05, 0) is 83.5 Å². The molecule has 1 N–H and O–H groups in total. The van der Waals surface area contributed by atoms with Gasteiger partial charge in [0.2, 0.25) is 0 Å². The molecule has 0 rings (SSSR count). The van der Waals surface area contributed by atoms with Crippen molar-refractivity contribution >= 4 is 11.9 Å². The molecular formula is C46H80O4. The molecule has 0 aromatic carbocycles. The van der Waals surface area contributed by atoms with Crippen LogP contribution in [-0.4, -0.2) is 23.1 Å². The van der Waals surface area contributed by atoms with Crippen LogP contribution >= 0.6 is 0 Å². The summed E-state index contributed by atoms with van der Waals surface area (Å²) in [7, 11) is 0. The molecule has 0 heterocycles. The van der Waals surface area contributed by atoms with Crippen molar-refractivity contribution in [3.05, 3.63) is 60.8 Å². The van der Waals surface area contributed by atoms with Crippen LogP contribution < -0.4 is 0 Å². The number of carboxylic acid groups (broad SMARTS) is 1. The zero-order chi connectivity index (χ0) is 36.4. The predicted octanol–water partition coefficient (Wildman–Crippen LogP) is 14.9. The third kappa shape index (κ3) is 40.1. The first-order valence-corrected chi connectivity index (χ1v) is 21.3. The van der Waals surface area contributed by atoms with Crippen molar-refractivity contribution in [2.24, 2.45) is 0 Å². The maximum Gasteiger partial charge on any atom is 0.306 e. The van der Waals surface area contributed by atoms with Crippen molar-refractivity contribution in [3.8, 4) is 0 Å². The van der Waals surface area contributed by atoms with Crippen molar-refractivity contribution in [2.75, 3.05) is 0 Å². The Labute approximate surface area is 310 Å². The van der Waals surface area contributed by atoms with Gasteiger partial charge in [0, 0.05) is 12.8 Å². The number of aliphatic carboxylic acids is 1. The van der Waals surface area contributed by atoms with E-state index in [1.165, 1.54) is 83.5 Å². The first-order valence-electron chi connectivity index (χ1n) is 21.3. The fourth-order valence-electron chi connectivity index (χ4n) is 6.15. The minimum atomic E-state index is -0.690. The SMILES string of the molecule is CC/C=C\C/C=C\C/C=C\C/C=C\C/C=C\CCCCCC(=O)OC(CCCCCCCCCCCCC)CCCCCCCCCC(=O)O. The highest BCUT2D eigenvalue weighted by molar-refractivity contribution is 5.69. The van der Waals surface area contributed by atoms with Gasteiger partial charge in [0.15, 0.2) is 0 Å². The van der Waals surface area contributed by atoms with Crippen LogP contribution in [0.5, 0.6) is 0 Å². The van der Waals surface area contributed by atoms with Gasteiger partial charge in [0.1, 0.15) is 6.10 Å². The molecule has 0 spiro atoms. The number of ether oxygens (including phenoxy) is 1. The van der Waals surface area contributed by atoms with E-state index in [0.29, 0.717) is 6.42 Å². The number of hydrogen-bond acceptors (Lipinski definition) is 3. The van der Waals surface area contributed by atoms with E-state index in [9.17, 15) is 9.59 Å². The third-order valence-electron chi connectivity index (χ3n) is 9.25. The molecular weight excluding hydrogens is 617 g/mol. The lowest BCUT2D eigenvalue weighted by molar-refractivity contribution is -0.150. The highest BCUT2D eigenvalue weighted by atomic mass is 16.5. The Bertz CT molecular complexity index is 881. The van der Waals surface area contributed by atoms with Crippen LogP contribution in [0.2, 0.25) is 0 Å². The third-order valence-corrected chi connectivity index (χ3v) is 9.25.